The molecule has 102 valence electrons. The van der Waals surface area contributed by atoms with Gasteiger partial charge in [0.25, 0.3) is 0 Å². The first-order valence-electron chi connectivity index (χ1n) is 6.39. The summed E-state index contributed by atoms with van der Waals surface area (Å²) < 4.78 is 15.6. The van der Waals surface area contributed by atoms with Crippen LogP contribution in [0.2, 0.25) is 0 Å². The van der Waals surface area contributed by atoms with Gasteiger partial charge in [-0.1, -0.05) is 6.92 Å². The Hall–Kier alpha value is -1.01. The lowest BCUT2D eigenvalue weighted by Crippen LogP contribution is -2.45. The summed E-state index contributed by atoms with van der Waals surface area (Å²) in [5.74, 6) is 1.22. The van der Waals surface area contributed by atoms with E-state index in [1.54, 1.807) is 0 Å². The topological polar surface area (TPSA) is 60.6 Å². The maximum absolute atomic E-state index is 5.90. The molecule has 0 spiro atoms. The Balaban J connectivity index is 2.25. The van der Waals surface area contributed by atoms with Crippen LogP contribution in [0.4, 0.5) is 10.8 Å². The Morgan fingerprint density at radius 2 is 2.39 bits per heavy atom. The summed E-state index contributed by atoms with van der Waals surface area (Å²) in [4.78, 5) is 2.31. The third-order valence-electron chi connectivity index (χ3n) is 2.97. The average Bonchev–Trinajstić information content (AvgIpc) is 2.70. The summed E-state index contributed by atoms with van der Waals surface area (Å²) in [6, 6.07) is 0.383. The molecule has 1 unspecified atom stereocenters. The number of anilines is 2. The SMILES string of the molecule is CCC1COCCN1c1snc(N)c1OC(C)C. The molecule has 2 N–H and O–H groups in total. The maximum atomic E-state index is 5.90. The minimum atomic E-state index is 0.101. The molecule has 0 saturated carbocycles. The van der Waals surface area contributed by atoms with E-state index in [-0.39, 0.29) is 6.10 Å². The van der Waals surface area contributed by atoms with E-state index < -0.39 is 0 Å². The summed E-state index contributed by atoms with van der Waals surface area (Å²) in [5, 5.41) is 1.04. The Bertz CT molecular complexity index is 395. The van der Waals surface area contributed by atoms with E-state index in [0.29, 0.717) is 11.9 Å². The van der Waals surface area contributed by atoms with Gasteiger partial charge in [-0.3, -0.25) is 0 Å². The van der Waals surface area contributed by atoms with Crippen molar-refractivity contribution in [2.24, 2.45) is 0 Å². The smallest absolute Gasteiger partial charge is 0.198 e. The van der Waals surface area contributed by atoms with Crippen molar-refractivity contribution in [1.82, 2.24) is 4.37 Å². The Morgan fingerprint density at radius 3 is 3.06 bits per heavy atom. The summed E-state index contributed by atoms with van der Waals surface area (Å²) >= 11 is 1.41. The van der Waals surface area contributed by atoms with Crippen LogP contribution in [-0.4, -0.2) is 36.3 Å². The predicted octanol–water partition coefficient (Wildman–Crippen LogP) is 2.13. The fraction of sp³-hybridized carbons (Fsp3) is 0.750. The van der Waals surface area contributed by atoms with Gasteiger partial charge >= 0.3 is 0 Å². The summed E-state index contributed by atoms with van der Waals surface area (Å²) in [6.07, 6.45) is 1.14. The van der Waals surface area contributed by atoms with Crippen molar-refractivity contribution < 1.29 is 9.47 Å². The summed E-state index contributed by atoms with van der Waals surface area (Å²) in [5.41, 5.74) is 5.90. The number of nitrogens with zero attached hydrogens (tertiary/aromatic N) is 2. The Labute approximate surface area is 112 Å². The number of morpholine rings is 1. The number of hydrogen-bond donors (Lipinski definition) is 1. The number of nitrogen functional groups attached to an aromatic ring is 1. The highest BCUT2D eigenvalue weighted by molar-refractivity contribution is 7.11. The molecule has 0 aromatic carbocycles. The van der Waals surface area contributed by atoms with E-state index in [1.165, 1.54) is 11.5 Å². The highest BCUT2D eigenvalue weighted by atomic mass is 32.1. The van der Waals surface area contributed by atoms with E-state index in [1.807, 2.05) is 13.8 Å². The lowest BCUT2D eigenvalue weighted by atomic mass is 10.2. The van der Waals surface area contributed by atoms with Gasteiger partial charge < -0.3 is 20.1 Å². The van der Waals surface area contributed by atoms with Gasteiger partial charge in [-0.15, -0.1) is 0 Å². The number of ether oxygens (including phenoxy) is 2. The predicted molar refractivity (Wildman–Crippen MR) is 74.5 cm³/mol. The molecular weight excluding hydrogens is 250 g/mol. The van der Waals surface area contributed by atoms with Crippen LogP contribution < -0.4 is 15.4 Å². The molecule has 0 bridgehead atoms. The van der Waals surface area contributed by atoms with Gasteiger partial charge in [-0.05, 0) is 31.8 Å². The van der Waals surface area contributed by atoms with E-state index >= 15 is 0 Å². The van der Waals surface area contributed by atoms with Crippen LogP contribution in [0.5, 0.6) is 5.75 Å². The van der Waals surface area contributed by atoms with Crippen molar-refractivity contribution in [1.29, 1.82) is 0 Å². The molecule has 5 nitrogen and oxygen atoms in total. The normalized spacial score (nSPS) is 20.4. The molecule has 6 heteroatoms. The molecule has 18 heavy (non-hydrogen) atoms. The maximum Gasteiger partial charge on any atom is 0.198 e. The first-order valence-corrected chi connectivity index (χ1v) is 7.17. The van der Waals surface area contributed by atoms with Crippen molar-refractivity contribution in [3.8, 4) is 5.75 Å². The second-order valence-electron chi connectivity index (χ2n) is 4.70. The van der Waals surface area contributed by atoms with Crippen LogP contribution in [0.1, 0.15) is 27.2 Å². The van der Waals surface area contributed by atoms with E-state index in [0.717, 1.165) is 36.9 Å². The van der Waals surface area contributed by atoms with Gasteiger partial charge in [0.2, 0.25) is 0 Å². The molecular formula is C12H21N3O2S. The summed E-state index contributed by atoms with van der Waals surface area (Å²) in [7, 11) is 0. The van der Waals surface area contributed by atoms with Crippen molar-refractivity contribution in [3.05, 3.63) is 0 Å². The van der Waals surface area contributed by atoms with E-state index in [2.05, 4.69) is 16.2 Å². The molecule has 0 radical (unpaired) electrons. The molecule has 2 rings (SSSR count). The van der Waals surface area contributed by atoms with Crippen LogP contribution in [0.25, 0.3) is 0 Å². The van der Waals surface area contributed by atoms with Gasteiger partial charge in [0.05, 0.1) is 25.4 Å². The third kappa shape index (κ3) is 2.70. The molecule has 1 aliphatic heterocycles. The van der Waals surface area contributed by atoms with Gasteiger partial charge in [0, 0.05) is 6.54 Å². The lowest BCUT2D eigenvalue weighted by Gasteiger charge is -2.36. The fourth-order valence-corrected chi connectivity index (χ4v) is 2.92. The quantitative estimate of drug-likeness (QED) is 0.909. The van der Waals surface area contributed by atoms with E-state index in [4.69, 9.17) is 15.2 Å². The molecule has 1 aromatic rings. The fourth-order valence-electron chi connectivity index (χ4n) is 2.07. The molecule has 1 atom stereocenters. The van der Waals surface area contributed by atoms with Gasteiger partial charge in [0.1, 0.15) is 0 Å². The van der Waals surface area contributed by atoms with Crippen LogP contribution in [-0.2, 0) is 4.74 Å². The van der Waals surface area contributed by atoms with Crippen molar-refractivity contribution in [2.45, 2.75) is 39.3 Å². The van der Waals surface area contributed by atoms with Crippen molar-refractivity contribution in [3.63, 3.8) is 0 Å². The van der Waals surface area contributed by atoms with Crippen molar-refractivity contribution >= 4 is 22.4 Å². The molecule has 1 fully saturated rings. The Morgan fingerprint density at radius 1 is 1.61 bits per heavy atom. The highest BCUT2D eigenvalue weighted by Gasteiger charge is 2.27. The number of nitrogens with two attached hydrogens (primary N) is 1. The molecule has 1 saturated heterocycles. The van der Waals surface area contributed by atoms with Gasteiger partial charge in [0.15, 0.2) is 16.6 Å². The third-order valence-corrected chi connectivity index (χ3v) is 3.85. The standard InChI is InChI=1S/C12H21N3O2S/c1-4-9-7-16-6-5-15(9)12-10(17-8(2)3)11(13)14-18-12/h8-9H,4-7H2,1-3H3,(H2,13,14). The zero-order chi connectivity index (χ0) is 13.1. The zero-order valence-electron chi connectivity index (χ0n) is 11.2. The Kier molecular flexibility index (Phi) is 4.29. The monoisotopic (exact) mass is 271 g/mol. The average molecular weight is 271 g/mol. The molecule has 0 aliphatic carbocycles. The first-order chi connectivity index (χ1) is 8.63. The van der Waals surface area contributed by atoms with Crippen LogP contribution in [0, 0.1) is 0 Å². The minimum Gasteiger partial charge on any atom is -0.484 e. The van der Waals surface area contributed by atoms with Crippen LogP contribution in [0.3, 0.4) is 0 Å². The lowest BCUT2D eigenvalue weighted by molar-refractivity contribution is 0.0929. The van der Waals surface area contributed by atoms with Crippen LogP contribution >= 0.6 is 11.5 Å². The minimum absolute atomic E-state index is 0.101. The second-order valence-corrected chi connectivity index (χ2v) is 5.45. The second kappa shape index (κ2) is 5.75. The largest absolute Gasteiger partial charge is 0.484 e. The number of rotatable bonds is 4. The van der Waals surface area contributed by atoms with Gasteiger partial charge in [-0.2, -0.15) is 4.37 Å². The first kappa shape index (κ1) is 13.4. The van der Waals surface area contributed by atoms with Crippen molar-refractivity contribution in [2.75, 3.05) is 30.4 Å². The number of hydrogen-bond acceptors (Lipinski definition) is 6. The van der Waals surface area contributed by atoms with Gasteiger partial charge in [-0.25, -0.2) is 0 Å². The van der Waals surface area contributed by atoms with E-state index in [9.17, 15) is 0 Å². The number of aromatic nitrogens is 1. The highest BCUT2D eigenvalue weighted by Crippen LogP contribution is 2.40. The molecule has 1 aromatic heterocycles. The molecule has 0 amide bonds. The summed E-state index contributed by atoms with van der Waals surface area (Å²) in [6.45, 7) is 8.54. The molecule has 2 heterocycles. The zero-order valence-corrected chi connectivity index (χ0v) is 12.0. The molecule has 1 aliphatic rings. The van der Waals surface area contributed by atoms with Crippen LogP contribution in [0.15, 0.2) is 0 Å².